The van der Waals surface area contributed by atoms with E-state index in [4.69, 9.17) is 5.26 Å². The quantitative estimate of drug-likeness (QED) is 0.613. The van der Waals surface area contributed by atoms with E-state index in [1.54, 1.807) is 12.9 Å². The number of nitrogens with zero attached hydrogens (tertiary/aromatic N) is 2. The number of rotatable bonds is 3. The molecule has 0 saturated heterocycles. The number of hydrogen-bond donors (Lipinski definition) is 0. The van der Waals surface area contributed by atoms with Crippen molar-refractivity contribution in [1.29, 1.82) is 5.26 Å². The first-order valence-corrected chi connectivity index (χ1v) is 4.86. The first kappa shape index (κ1) is 10.6. The summed E-state index contributed by atoms with van der Waals surface area (Å²) in [6.07, 6.45) is 0. The van der Waals surface area contributed by atoms with Crippen LogP contribution in [0.15, 0.2) is 0 Å². The van der Waals surface area contributed by atoms with Crippen molar-refractivity contribution in [3.63, 3.8) is 0 Å². The van der Waals surface area contributed by atoms with E-state index in [1.165, 1.54) is 11.8 Å². The van der Waals surface area contributed by atoms with Crippen LogP contribution in [0.5, 0.6) is 0 Å². The Kier molecular flexibility index (Phi) is 3.74. The Morgan fingerprint density at radius 3 is 2.18 bits per heavy atom. The second-order valence-electron chi connectivity index (χ2n) is 2.47. The van der Waals surface area contributed by atoms with Crippen LogP contribution in [0.2, 0.25) is 0 Å². The second kappa shape index (κ2) is 3.87. The molecule has 0 aliphatic rings. The fraction of sp³-hybridized carbons (Fsp3) is 0.833. The lowest BCUT2D eigenvalue weighted by Gasteiger charge is -2.23. The fourth-order valence-electron chi connectivity index (χ4n) is 0.544. The SMILES string of the molecule is COP(=O)(C#N)N(C)C(C)C. The summed E-state index contributed by atoms with van der Waals surface area (Å²) in [5.74, 6) is 1.67. The molecule has 0 amide bonds. The van der Waals surface area contributed by atoms with Crippen LogP contribution in [0.25, 0.3) is 0 Å². The van der Waals surface area contributed by atoms with Crippen LogP contribution in [-0.4, -0.2) is 24.9 Å². The molecule has 0 aliphatic heterocycles. The summed E-state index contributed by atoms with van der Waals surface area (Å²) in [7, 11) is -0.300. The molecule has 0 heterocycles. The third-order valence-electron chi connectivity index (χ3n) is 1.54. The molecular weight excluding hydrogens is 163 g/mol. The molecule has 64 valence electrons. The van der Waals surface area contributed by atoms with Crippen LogP contribution < -0.4 is 0 Å². The van der Waals surface area contributed by atoms with Gasteiger partial charge >= 0.3 is 7.52 Å². The van der Waals surface area contributed by atoms with Gasteiger partial charge in [0.2, 0.25) is 0 Å². The minimum Gasteiger partial charge on any atom is -0.310 e. The highest BCUT2D eigenvalue weighted by molar-refractivity contribution is 7.61. The van der Waals surface area contributed by atoms with Crippen molar-refractivity contribution in [2.75, 3.05) is 14.2 Å². The van der Waals surface area contributed by atoms with Gasteiger partial charge in [0.25, 0.3) is 0 Å². The summed E-state index contributed by atoms with van der Waals surface area (Å²) in [4.78, 5) is 0. The molecule has 0 rings (SSSR count). The molecular formula is C6H13N2O2P. The third-order valence-corrected chi connectivity index (χ3v) is 3.58. The minimum atomic E-state index is -3.19. The predicted molar refractivity (Wildman–Crippen MR) is 43.1 cm³/mol. The lowest BCUT2D eigenvalue weighted by atomic mass is 10.4. The molecule has 0 bridgehead atoms. The topological polar surface area (TPSA) is 53.3 Å². The molecule has 0 N–H and O–H groups in total. The van der Waals surface area contributed by atoms with E-state index in [-0.39, 0.29) is 6.04 Å². The zero-order valence-corrected chi connectivity index (χ0v) is 8.13. The van der Waals surface area contributed by atoms with Gasteiger partial charge in [-0.2, -0.15) is 5.26 Å². The van der Waals surface area contributed by atoms with Crippen LogP contribution in [0.1, 0.15) is 13.8 Å². The molecule has 0 aromatic carbocycles. The van der Waals surface area contributed by atoms with E-state index in [1.807, 2.05) is 13.8 Å². The maximum absolute atomic E-state index is 11.4. The second-order valence-corrected chi connectivity index (χ2v) is 4.71. The van der Waals surface area contributed by atoms with Gasteiger partial charge in [0, 0.05) is 13.2 Å². The van der Waals surface area contributed by atoms with Gasteiger partial charge in [0.1, 0.15) is 0 Å². The Bertz CT molecular complexity index is 209. The van der Waals surface area contributed by atoms with Gasteiger partial charge in [-0.1, -0.05) is 0 Å². The van der Waals surface area contributed by atoms with E-state index < -0.39 is 7.52 Å². The molecule has 0 saturated carbocycles. The van der Waals surface area contributed by atoms with Gasteiger partial charge < -0.3 is 4.52 Å². The fourth-order valence-corrected chi connectivity index (χ4v) is 1.63. The van der Waals surface area contributed by atoms with E-state index >= 15 is 0 Å². The average molecular weight is 176 g/mol. The van der Waals surface area contributed by atoms with Crippen LogP contribution in [0.3, 0.4) is 0 Å². The molecule has 0 aliphatic carbocycles. The zero-order valence-electron chi connectivity index (χ0n) is 7.24. The smallest absolute Gasteiger partial charge is 0.310 e. The highest BCUT2D eigenvalue weighted by Crippen LogP contribution is 2.48. The summed E-state index contributed by atoms with van der Waals surface area (Å²) in [5.41, 5.74) is 0. The lowest BCUT2D eigenvalue weighted by Crippen LogP contribution is -2.23. The summed E-state index contributed by atoms with van der Waals surface area (Å²) >= 11 is 0. The van der Waals surface area contributed by atoms with Gasteiger partial charge in [-0.15, -0.1) is 0 Å². The van der Waals surface area contributed by atoms with Crippen LogP contribution in [0.4, 0.5) is 0 Å². The van der Waals surface area contributed by atoms with Gasteiger partial charge in [0.05, 0.1) is 0 Å². The Balaban J connectivity index is 4.55. The molecule has 1 atom stereocenters. The van der Waals surface area contributed by atoms with E-state index in [0.717, 1.165) is 0 Å². The largest absolute Gasteiger partial charge is 0.370 e. The third kappa shape index (κ3) is 2.30. The van der Waals surface area contributed by atoms with Crippen molar-refractivity contribution in [2.45, 2.75) is 19.9 Å². The molecule has 0 fully saturated rings. The average Bonchev–Trinajstić information content (AvgIpc) is 2.01. The predicted octanol–water partition coefficient (Wildman–Crippen LogP) is 1.65. The molecule has 4 nitrogen and oxygen atoms in total. The van der Waals surface area contributed by atoms with Gasteiger partial charge in [0.15, 0.2) is 5.81 Å². The van der Waals surface area contributed by atoms with Crippen molar-refractivity contribution in [2.24, 2.45) is 0 Å². The molecule has 5 heteroatoms. The first-order chi connectivity index (χ1) is 4.98. The number of nitriles is 1. The highest BCUT2D eigenvalue weighted by atomic mass is 31.2. The van der Waals surface area contributed by atoms with Crippen molar-refractivity contribution < 1.29 is 9.09 Å². The van der Waals surface area contributed by atoms with E-state index in [9.17, 15) is 4.57 Å². The Morgan fingerprint density at radius 1 is 1.64 bits per heavy atom. The molecule has 11 heavy (non-hydrogen) atoms. The van der Waals surface area contributed by atoms with Crippen molar-refractivity contribution in [3.8, 4) is 5.81 Å². The normalized spacial score (nSPS) is 16.5. The first-order valence-electron chi connectivity index (χ1n) is 3.28. The summed E-state index contributed by atoms with van der Waals surface area (Å²) < 4.78 is 17.5. The summed E-state index contributed by atoms with van der Waals surface area (Å²) in [5, 5.41) is 8.52. The van der Waals surface area contributed by atoms with Crippen molar-refractivity contribution >= 4 is 7.52 Å². The van der Waals surface area contributed by atoms with Crippen LogP contribution in [0, 0.1) is 11.1 Å². The van der Waals surface area contributed by atoms with Gasteiger partial charge in [-0.05, 0) is 20.9 Å². The highest BCUT2D eigenvalue weighted by Gasteiger charge is 2.28. The van der Waals surface area contributed by atoms with Crippen LogP contribution in [-0.2, 0) is 9.09 Å². The lowest BCUT2D eigenvalue weighted by molar-refractivity contribution is 0.314. The number of hydrogen-bond acceptors (Lipinski definition) is 3. The molecule has 0 aromatic heterocycles. The Labute approximate surface area is 67.3 Å². The van der Waals surface area contributed by atoms with E-state index in [0.29, 0.717) is 0 Å². The minimum absolute atomic E-state index is 0.0421. The van der Waals surface area contributed by atoms with Crippen molar-refractivity contribution in [3.05, 3.63) is 0 Å². The molecule has 0 spiro atoms. The maximum atomic E-state index is 11.4. The van der Waals surface area contributed by atoms with Crippen LogP contribution >= 0.6 is 7.52 Å². The Morgan fingerprint density at radius 2 is 2.09 bits per heavy atom. The van der Waals surface area contributed by atoms with Crippen molar-refractivity contribution in [1.82, 2.24) is 4.67 Å². The summed E-state index contributed by atoms with van der Waals surface area (Å²) in [6, 6.07) is 0.0421. The molecule has 0 radical (unpaired) electrons. The molecule has 1 unspecified atom stereocenters. The van der Waals surface area contributed by atoms with Gasteiger partial charge in [-0.3, -0.25) is 4.57 Å². The monoisotopic (exact) mass is 176 g/mol. The van der Waals surface area contributed by atoms with E-state index in [2.05, 4.69) is 4.52 Å². The van der Waals surface area contributed by atoms with Gasteiger partial charge in [-0.25, -0.2) is 4.67 Å². The molecule has 0 aromatic rings. The summed E-state index contributed by atoms with van der Waals surface area (Å²) in [6.45, 7) is 3.70. The maximum Gasteiger partial charge on any atom is 0.370 e. The Hall–Kier alpha value is -0.360. The standard InChI is InChI=1S/C6H13N2O2P/c1-6(2)8(3)11(9,5-7)10-4/h6H,1-4H3. The zero-order chi connectivity index (χ0) is 9.07.